The molecule has 0 fully saturated rings. The quantitative estimate of drug-likeness (QED) is 0.839. The van der Waals surface area contributed by atoms with Crippen LogP contribution in [-0.2, 0) is 0 Å². The molecule has 1 aromatic heterocycles. The molecule has 17 heavy (non-hydrogen) atoms. The van der Waals surface area contributed by atoms with Crippen LogP contribution in [0.15, 0.2) is 21.2 Å². The summed E-state index contributed by atoms with van der Waals surface area (Å²) in [6.45, 7) is 5.87. The van der Waals surface area contributed by atoms with Gasteiger partial charge in [-0.15, -0.1) is 0 Å². The Morgan fingerprint density at radius 1 is 1.35 bits per heavy atom. The van der Waals surface area contributed by atoms with E-state index in [4.69, 9.17) is 5.73 Å². The smallest absolute Gasteiger partial charge is 0.143 e. The van der Waals surface area contributed by atoms with Crippen LogP contribution in [0.5, 0.6) is 0 Å². The molecule has 1 aromatic rings. The normalized spacial score (nSPS) is 10.9. The monoisotopic (exact) mass is 363 g/mol. The Labute approximate surface area is 120 Å². The van der Waals surface area contributed by atoms with Gasteiger partial charge in [0.05, 0.1) is 4.47 Å². The lowest BCUT2D eigenvalue weighted by Crippen LogP contribution is -2.39. The zero-order chi connectivity index (χ0) is 12.8. The van der Waals surface area contributed by atoms with Crippen LogP contribution < -0.4 is 10.6 Å². The number of pyridine rings is 1. The predicted octanol–water partition coefficient (Wildman–Crippen LogP) is 3.56. The van der Waals surface area contributed by atoms with E-state index in [0.717, 1.165) is 34.1 Å². The first-order valence-electron chi connectivity index (χ1n) is 5.91. The average molecular weight is 365 g/mol. The van der Waals surface area contributed by atoms with E-state index in [1.807, 2.05) is 12.3 Å². The second kappa shape index (κ2) is 7.34. The molecule has 0 aliphatic rings. The van der Waals surface area contributed by atoms with Gasteiger partial charge in [0.25, 0.3) is 0 Å². The maximum atomic E-state index is 5.70. The number of anilines is 1. The van der Waals surface area contributed by atoms with Crippen molar-refractivity contribution in [2.45, 2.75) is 32.7 Å². The molecule has 2 N–H and O–H groups in total. The highest BCUT2D eigenvalue weighted by molar-refractivity contribution is 9.11. The van der Waals surface area contributed by atoms with Crippen LogP contribution in [0.3, 0.4) is 0 Å². The standard InChI is InChI=1S/C12H19Br2N3/c1-3-10(4-2)17(6-5-15)12-11(14)7-9(13)8-16-12/h7-8,10H,3-6,15H2,1-2H3. The van der Waals surface area contributed by atoms with Crippen LogP contribution >= 0.6 is 31.9 Å². The van der Waals surface area contributed by atoms with Crippen LogP contribution in [0.25, 0.3) is 0 Å². The van der Waals surface area contributed by atoms with Gasteiger partial charge in [0, 0.05) is 29.8 Å². The SMILES string of the molecule is CCC(CC)N(CCN)c1ncc(Br)cc1Br. The molecule has 0 aliphatic heterocycles. The van der Waals surface area contributed by atoms with Crippen LogP contribution in [0, 0.1) is 0 Å². The summed E-state index contributed by atoms with van der Waals surface area (Å²) in [4.78, 5) is 6.78. The molecular formula is C12H19Br2N3. The molecule has 0 saturated heterocycles. The van der Waals surface area contributed by atoms with Gasteiger partial charge in [-0.05, 0) is 50.8 Å². The topological polar surface area (TPSA) is 42.1 Å². The first-order valence-corrected chi connectivity index (χ1v) is 7.50. The summed E-state index contributed by atoms with van der Waals surface area (Å²) in [6, 6.07) is 2.51. The summed E-state index contributed by atoms with van der Waals surface area (Å²) < 4.78 is 1.98. The summed E-state index contributed by atoms with van der Waals surface area (Å²) in [5, 5.41) is 0. The summed E-state index contributed by atoms with van der Waals surface area (Å²) in [7, 11) is 0. The van der Waals surface area contributed by atoms with Gasteiger partial charge in [-0.25, -0.2) is 4.98 Å². The summed E-state index contributed by atoms with van der Waals surface area (Å²) in [5.41, 5.74) is 5.70. The van der Waals surface area contributed by atoms with Crippen molar-refractivity contribution in [3.8, 4) is 0 Å². The molecule has 0 radical (unpaired) electrons. The molecule has 0 aliphatic carbocycles. The van der Waals surface area contributed by atoms with Crippen molar-refractivity contribution in [1.82, 2.24) is 4.98 Å². The maximum absolute atomic E-state index is 5.70. The molecular weight excluding hydrogens is 346 g/mol. The van der Waals surface area contributed by atoms with Gasteiger partial charge in [0.2, 0.25) is 0 Å². The molecule has 0 amide bonds. The Morgan fingerprint density at radius 2 is 2.00 bits per heavy atom. The predicted molar refractivity (Wildman–Crippen MR) is 80.4 cm³/mol. The van der Waals surface area contributed by atoms with Crippen LogP contribution in [0.1, 0.15) is 26.7 Å². The lowest BCUT2D eigenvalue weighted by molar-refractivity contribution is 0.553. The van der Waals surface area contributed by atoms with Gasteiger partial charge in [0.1, 0.15) is 5.82 Å². The number of hydrogen-bond acceptors (Lipinski definition) is 3. The van der Waals surface area contributed by atoms with Gasteiger partial charge < -0.3 is 10.6 Å². The third kappa shape index (κ3) is 3.93. The lowest BCUT2D eigenvalue weighted by Gasteiger charge is -2.32. The highest BCUT2D eigenvalue weighted by Gasteiger charge is 2.18. The average Bonchev–Trinajstić information content (AvgIpc) is 2.30. The van der Waals surface area contributed by atoms with Gasteiger partial charge in [-0.1, -0.05) is 13.8 Å². The highest BCUT2D eigenvalue weighted by Crippen LogP contribution is 2.29. The molecule has 1 rings (SSSR count). The summed E-state index contributed by atoms with van der Waals surface area (Å²) in [5.74, 6) is 0.979. The van der Waals surface area contributed by atoms with Crippen molar-refractivity contribution in [2.75, 3.05) is 18.0 Å². The number of aromatic nitrogens is 1. The number of halogens is 2. The van der Waals surface area contributed by atoms with E-state index in [1.165, 1.54) is 0 Å². The molecule has 0 aromatic carbocycles. The summed E-state index contributed by atoms with van der Waals surface area (Å²) in [6.07, 6.45) is 4.02. The van der Waals surface area contributed by atoms with Crippen molar-refractivity contribution < 1.29 is 0 Å². The van der Waals surface area contributed by atoms with Crippen molar-refractivity contribution in [1.29, 1.82) is 0 Å². The zero-order valence-electron chi connectivity index (χ0n) is 10.3. The Morgan fingerprint density at radius 3 is 2.47 bits per heavy atom. The second-order valence-corrected chi connectivity index (χ2v) is 5.68. The first kappa shape index (κ1) is 14.9. The fraction of sp³-hybridized carbons (Fsp3) is 0.583. The Hall–Kier alpha value is -0.130. The van der Waals surface area contributed by atoms with Crippen LogP contribution in [0.4, 0.5) is 5.82 Å². The van der Waals surface area contributed by atoms with E-state index in [2.05, 4.69) is 55.6 Å². The minimum absolute atomic E-state index is 0.489. The maximum Gasteiger partial charge on any atom is 0.143 e. The third-order valence-corrected chi connectivity index (χ3v) is 3.83. The second-order valence-electron chi connectivity index (χ2n) is 3.91. The van der Waals surface area contributed by atoms with Gasteiger partial charge in [-0.2, -0.15) is 0 Å². The molecule has 3 nitrogen and oxygen atoms in total. The Balaban J connectivity index is 3.03. The molecule has 5 heteroatoms. The molecule has 96 valence electrons. The highest BCUT2D eigenvalue weighted by atomic mass is 79.9. The number of hydrogen-bond donors (Lipinski definition) is 1. The molecule has 0 atom stereocenters. The largest absolute Gasteiger partial charge is 0.351 e. The van der Waals surface area contributed by atoms with E-state index < -0.39 is 0 Å². The zero-order valence-corrected chi connectivity index (χ0v) is 13.5. The minimum atomic E-state index is 0.489. The lowest BCUT2D eigenvalue weighted by atomic mass is 10.1. The molecule has 0 spiro atoms. The number of rotatable bonds is 6. The van der Waals surface area contributed by atoms with Crippen molar-refractivity contribution >= 4 is 37.7 Å². The fourth-order valence-electron chi connectivity index (χ4n) is 1.95. The van der Waals surface area contributed by atoms with E-state index in [1.54, 1.807) is 0 Å². The van der Waals surface area contributed by atoms with Crippen LogP contribution in [0.2, 0.25) is 0 Å². The van der Waals surface area contributed by atoms with E-state index in [0.29, 0.717) is 12.6 Å². The van der Waals surface area contributed by atoms with Gasteiger partial charge in [0.15, 0.2) is 0 Å². The Bertz CT molecular complexity index is 354. The van der Waals surface area contributed by atoms with Gasteiger partial charge in [-0.3, -0.25) is 0 Å². The third-order valence-electron chi connectivity index (χ3n) is 2.81. The van der Waals surface area contributed by atoms with Crippen LogP contribution in [-0.4, -0.2) is 24.1 Å². The molecule has 1 heterocycles. The molecule has 0 unspecified atom stereocenters. The first-order chi connectivity index (χ1) is 8.13. The van der Waals surface area contributed by atoms with Gasteiger partial charge >= 0.3 is 0 Å². The van der Waals surface area contributed by atoms with E-state index in [9.17, 15) is 0 Å². The fourth-order valence-corrected chi connectivity index (χ4v) is 3.16. The van der Waals surface area contributed by atoms with E-state index in [-0.39, 0.29) is 0 Å². The van der Waals surface area contributed by atoms with Crippen molar-refractivity contribution in [2.24, 2.45) is 5.73 Å². The van der Waals surface area contributed by atoms with Crippen molar-refractivity contribution in [3.63, 3.8) is 0 Å². The van der Waals surface area contributed by atoms with E-state index >= 15 is 0 Å². The Kier molecular flexibility index (Phi) is 6.44. The van der Waals surface area contributed by atoms with Crippen molar-refractivity contribution in [3.05, 3.63) is 21.2 Å². The number of nitrogens with two attached hydrogens (primary N) is 1. The number of nitrogens with zero attached hydrogens (tertiary/aromatic N) is 2. The minimum Gasteiger partial charge on any atom is -0.351 e. The summed E-state index contributed by atoms with van der Waals surface area (Å²) >= 11 is 6.99. The molecule has 0 bridgehead atoms. The molecule has 0 saturated carbocycles.